The van der Waals surface area contributed by atoms with Crippen LogP contribution in [0.15, 0.2) is 77.4 Å². The van der Waals surface area contributed by atoms with Gasteiger partial charge in [-0.15, -0.1) is 0 Å². The molecule has 1 aliphatic heterocycles. The van der Waals surface area contributed by atoms with Crippen LogP contribution >= 0.6 is 0 Å². The number of anilines is 1. The van der Waals surface area contributed by atoms with Gasteiger partial charge in [-0.25, -0.2) is 0 Å². The fourth-order valence-electron chi connectivity index (χ4n) is 3.77. The maximum Gasteiger partial charge on any atom is 0.387 e. The van der Waals surface area contributed by atoms with E-state index in [0.717, 1.165) is 11.3 Å². The summed E-state index contributed by atoms with van der Waals surface area (Å²) in [7, 11) is 0. The summed E-state index contributed by atoms with van der Waals surface area (Å²) in [5.41, 5.74) is 1.47. The SMILES string of the molecule is O=C1C(NC(Cc2ccccc2)c2ccco2)CCN1c1ccccc1OC(F)F. The number of alkyl halides is 2. The molecule has 0 bridgehead atoms. The molecule has 1 saturated heterocycles. The van der Waals surface area contributed by atoms with Crippen molar-refractivity contribution in [2.45, 2.75) is 31.5 Å². The Balaban J connectivity index is 1.51. The molecule has 2 aromatic carbocycles. The summed E-state index contributed by atoms with van der Waals surface area (Å²) >= 11 is 0. The number of amides is 1. The molecule has 2 atom stereocenters. The average Bonchev–Trinajstić information content (AvgIpc) is 3.39. The largest absolute Gasteiger partial charge is 0.468 e. The van der Waals surface area contributed by atoms with Gasteiger partial charge in [0, 0.05) is 6.54 Å². The van der Waals surface area contributed by atoms with Gasteiger partial charge < -0.3 is 14.1 Å². The Bertz CT molecular complexity index is 964. The van der Waals surface area contributed by atoms with Gasteiger partial charge in [0.05, 0.1) is 24.0 Å². The Kier molecular flexibility index (Phi) is 6.09. The number of hydrogen-bond donors (Lipinski definition) is 1. The molecular weight excluding hydrogens is 390 g/mol. The number of nitrogens with zero attached hydrogens (tertiary/aromatic N) is 1. The van der Waals surface area contributed by atoms with Gasteiger partial charge in [0.25, 0.3) is 0 Å². The number of halogens is 2. The molecule has 0 radical (unpaired) electrons. The quantitative estimate of drug-likeness (QED) is 0.589. The number of rotatable bonds is 8. The van der Waals surface area contributed by atoms with E-state index in [4.69, 9.17) is 4.42 Å². The Hall–Kier alpha value is -3.19. The molecule has 7 heteroatoms. The van der Waals surface area contributed by atoms with Gasteiger partial charge in [-0.05, 0) is 42.7 Å². The molecule has 2 unspecified atom stereocenters. The van der Waals surface area contributed by atoms with E-state index in [0.29, 0.717) is 25.1 Å². The van der Waals surface area contributed by atoms with Crippen LogP contribution in [0.5, 0.6) is 5.75 Å². The molecule has 4 rings (SSSR count). The van der Waals surface area contributed by atoms with E-state index in [9.17, 15) is 13.6 Å². The van der Waals surface area contributed by atoms with Crippen LogP contribution in [0.2, 0.25) is 0 Å². The molecule has 1 aromatic heterocycles. The van der Waals surface area contributed by atoms with E-state index in [1.165, 1.54) is 11.0 Å². The van der Waals surface area contributed by atoms with E-state index in [1.54, 1.807) is 24.5 Å². The van der Waals surface area contributed by atoms with Crippen LogP contribution in [-0.2, 0) is 11.2 Å². The van der Waals surface area contributed by atoms with Gasteiger partial charge in [-0.3, -0.25) is 10.1 Å². The number of ether oxygens (including phenoxy) is 1. The maximum atomic E-state index is 13.1. The second kappa shape index (κ2) is 9.09. The lowest BCUT2D eigenvalue weighted by Gasteiger charge is -2.23. The zero-order valence-corrected chi connectivity index (χ0v) is 16.2. The lowest BCUT2D eigenvalue weighted by Crippen LogP contribution is -2.41. The summed E-state index contributed by atoms with van der Waals surface area (Å²) in [6.07, 6.45) is 2.81. The molecule has 2 heterocycles. The molecular formula is C23H22F2N2O3. The van der Waals surface area contributed by atoms with Crippen LogP contribution in [0.1, 0.15) is 23.8 Å². The van der Waals surface area contributed by atoms with Crippen LogP contribution in [0, 0.1) is 0 Å². The van der Waals surface area contributed by atoms with Gasteiger partial charge in [0.1, 0.15) is 11.5 Å². The molecule has 3 aromatic rings. The Labute approximate surface area is 173 Å². The molecule has 1 aliphatic rings. The van der Waals surface area contributed by atoms with E-state index in [-0.39, 0.29) is 17.7 Å². The van der Waals surface area contributed by atoms with Gasteiger partial charge in [0.2, 0.25) is 5.91 Å². The first-order valence-electron chi connectivity index (χ1n) is 9.80. The molecule has 0 saturated carbocycles. The zero-order chi connectivity index (χ0) is 20.9. The topological polar surface area (TPSA) is 54.7 Å². The first kappa shape index (κ1) is 20.1. The van der Waals surface area contributed by atoms with Crippen molar-refractivity contribution in [2.75, 3.05) is 11.4 Å². The standard InChI is InChI=1S/C23H22F2N2O3/c24-23(25)30-21-10-5-4-9-19(21)27-13-12-17(22(27)28)26-18(20-11-6-14-29-20)15-16-7-2-1-3-8-16/h1-11,14,17-18,23,26H,12-13,15H2. The summed E-state index contributed by atoms with van der Waals surface area (Å²) in [4.78, 5) is 14.6. The molecule has 30 heavy (non-hydrogen) atoms. The number of hydrogen-bond acceptors (Lipinski definition) is 4. The van der Waals surface area contributed by atoms with Gasteiger partial charge in [0.15, 0.2) is 0 Å². The smallest absolute Gasteiger partial charge is 0.387 e. The summed E-state index contributed by atoms with van der Waals surface area (Å²) in [5, 5.41) is 3.40. The first-order chi connectivity index (χ1) is 14.6. The normalized spacial score (nSPS) is 17.5. The third kappa shape index (κ3) is 4.52. The van der Waals surface area contributed by atoms with E-state index in [2.05, 4.69) is 10.1 Å². The van der Waals surface area contributed by atoms with E-state index < -0.39 is 12.7 Å². The number of carbonyl (C=O) groups excluding carboxylic acids is 1. The minimum atomic E-state index is -2.95. The summed E-state index contributed by atoms with van der Waals surface area (Å²) in [6.45, 7) is -2.54. The monoisotopic (exact) mass is 412 g/mol. The number of benzene rings is 2. The van der Waals surface area contributed by atoms with Gasteiger partial charge >= 0.3 is 6.61 Å². The molecule has 1 N–H and O–H groups in total. The highest BCUT2D eigenvalue weighted by Crippen LogP contribution is 2.33. The summed E-state index contributed by atoms with van der Waals surface area (Å²) < 4.78 is 35.7. The summed E-state index contributed by atoms with van der Waals surface area (Å²) in [5.74, 6) is 0.560. The Morgan fingerprint density at radius 3 is 2.57 bits per heavy atom. The summed E-state index contributed by atoms with van der Waals surface area (Å²) in [6, 6.07) is 19.3. The molecule has 1 fully saturated rings. The molecule has 156 valence electrons. The number of nitrogens with one attached hydrogen (secondary N) is 1. The van der Waals surface area contributed by atoms with E-state index in [1.807, 2.05) is 42.5 Å². The first-order valence-corrected chi connectivity index (χ1v) is 9.80. The predicted octanol–water partition coefficient (Wildman–Crippen LogP) is 4.56. The van der Waals surface area contributed by atoms with Crippen LogP contribution in [0.3, 0.4) is 0 Å². The second-order valence-corrected chi connectivity index (χ2v) is 7.10. The van der Waals surface area contributed by atoms with Crippen molar-refractivity contribution in [1.82, 2.24) is 5.32 Å². The second-order valence-electron chi connectivity index (χ2n) is 7.10. The highest BCUT2D eigenvalue weighted by atomic mass is 19.3. The maximum absolute atomic E-state index is 13.1. The van der Waals surface area contributed by atoms with Crippen molar-refractivity contribution in [1.29, 1.82) is 0 Å². The van der Waals surface area contributed by atoms with E-state index >= 15 is 0 Å². The van der Waals surface area contributed by atoms with Crippen LogP contribution in [0.4, 0.5) is 14.5 Å². The Morgan fingerprint density at radius 1 is 1.07 bits per heavy atom. The van der Waals surface area contributed by atoms with Crippen molar-refractivity contribution < 1.29 is 22.7 Å². The highest BCUT2D eigenvalue weighted by molar-refractivity contribution is 6.00. The molecule has 0 aliphatic carbocycles. The fourth-order valence-corrected chi connectivity index (χ4v) is 3.77. The minimum Gasteiger partial charge on any atom is -0.468 e. The van der Waals surface area contributed by atoms with Crippen molar-refractivity contribution in [3.8, 4) is 5.75 Å². The number of para-hydroxylation sites is 2. The van der Waals surface area contributed by atoms with Crippen LogP contribution in [0.25, 0.3) is 0 Å². The van der Waals surface area contributed by atoms with Crippen molar-refractivity contribution in [3.05, 3.63) is 84.3 Å². The molecule has 5 nitrogen and oxygen atoms in total. The third-order valence-electron chi connectivity index (χ3n) is 5.15. The molecule has 1 amide bonds. The lowest BCUT2D eigenvalue weighted by atomic mass is 10.0. The lowest BCUT2D eigenvalue weighted by molar-refractivity contribution is -0.119. The minimum absolute atomic E-state index is 0.00614. The zero-order valence-electron chi connectivity index (χ0n) is 16.2. The van der Waals surface area contributed by atoms with Crippen molar-refractivity contribution in [3.63, 3.8) is 0 Å². The molecule has 0 spiro atoms. The number of furan rings is 1. The highest BCUT2D eigenvalue weighted by Gasteiger charge is 2.36. The van der Waals surface area contributed by atoms with Crippen LogP contribution in [-0.4, -0.2) is 25.1 Å². The van der Waals surface area contributed by atoms with Gasteiger partial charge in [-0.1, -0.05) is 42.5 Å². The van der Waals surface area contributed by atoms with Crippen LogP contribution < -0.4 is 15.0 Å². The number of carbonyl (C=O) groups is 1. The van der Waals surface area contributed by atoms with Gasteiger partial charge in [-0.2, -0.15) is 8.78 Å². The van der Waals surface area contributed by atoms with Crippen molar-refractivity contribution >= 4 is 11.6 Å². The average molecular weight is 412 g/mol. The third-order valence-corrected chi connectivity index (χ3v) is 5.15. The predicted molar refractivity (Wildman–Crippen MR) is 109 cm³/mol. The van der Waals surface area contributed by atoms with Crippen molar-refractivity contribution in [2.24, 2.45) is 0 Å². The Morgan fingerprint density at radius 2 is 1.83 bits per heavy atom. The fraction of sp³-hybridized carbons (Fsp3) is 0.261.